The average molecular weight is 1580 g/mol. The molecule has 11 heterocycles. The second kappa shape index (κ2) is 32.1. The lowest BCUT2D eigenvalue weighted by atomic mass is 9.85. The van der Waals surface area contributed by atoms with E-state index in [-0.39, 0.29) is 67.5 Å². The second-order valence-corrected chi connectivity index (χ2v) is 30.0. The summed E-state index contributed by atoms with van der Waals surface area (Å²) in [5.74, 6) is -8.07. The van der Waals surface area contributed by atoms with Crippen LogP contribution in [0, 0.1) is 24.0 Å². The summed E-state index contributed by atoms with van der Waals surface area (Å²) in [6.07, 6.45) is -40.9. The topological polar surface area (TPSA) is 490 Å². The molecule has 35 atom stereocenters. The van der Waals surface area contributed by atoms with Gasteiger partial charge in [0.2, 0.25) is 0 Å². The molecule has 0 radical (unpaired) electrons. The van der Waals surface area contributed by atoms with Gasteiger partial charge in [0.05, 0.1) is 69.3 Å². The van der Waals surface area contributed by atoms with Crippen LogP contribution >= 0.6 is 11.6 Å². The number of hydrogen-bond acceptors (Lipinski definition) is 38. The van der Waals surface area contributed by atoms with Crippen molar-refractivity contribution in [2.75, 3.05) is 55.1 Å². The highest BCUT2D eigenvalue weighted by Gasteiger charge is 2.70. The van der Waals surface area contributed by atoms with E-state index in [1.54, 1.807) is 34.6 Å². The Balaban J connectivity index is 0.641. The van der Waals surface area contributed by atoms with E-state index < -0.39 is 259 Å². The number of methoxy groups -OCH3 is 4. The van der Waals surface area contributed by atoms with Crippen molar-refractivity contribution in [1.29, 1.82) is 0 Å². The van der Waals surface area contributed by atoms with Crippen molar-refractivity contribution >= 4 is 23.5 Å². The number of aromatic hydroxyl groups is 4. The molecule has 0 aliphatic carbocycles. The summed E-state index contributed by atoms with van der Waals surface area (Å²) < 4.78 is 154. The number of phenols is 4. The molecule has 0 saturated carbocycles. The molecule has 13 rings (SSSR count). The van der Waals surface area contributed by atoms with Crippen molar-refractivity contribution in [3.63, 3.8) is 0 Å². The smallest absolute Gasteiger partial charge is 0.342 e. The number of phenolic OH excluding ortho intramolecular Hbond substituents is 4. The molecule has 0 aromatic heterocycles. The zero-order valence-electron chi connectivity index (χ0n) is 61.8. The van der Waals surface area contributed by atoms with Gasteiger partial charge >= 0.3 is 17.9 Å². The maximum atomic E-state index is 14.0. The number of benzene rings is 2. The summed E-state index contributed by atoms with van der Waals surface area (Å²) in [6.45, 7) is 12.7. The van der Waals surface area contributed by atoms with E-state index in [1.807, 2.05) is 0 Å². The van der Waals surface area contributed by atoms with Crippen LogP contribution in [0.1, 0.15) is 99.6 Å². The van der Waals surface area contributed by atoms with Crippen LogP contribution in [0.15, 0.2) is 18.2 Å². The van der Waals surface area contributed by atoms with E-state index in [9.17, 15) is 65.7 Å². The molecule has 11 aliphatic heterocycles. The van der Waals surface area contributed by atoms with E-state index in [2.05, 4.69) is 0 Å². The maximum absolute atomic E-state index is 14.0. The fourth-order valence-electron chi connectivity index (χ4n) is 16.8. The van der Waals surface area contributed by atoms with Crippen LogP contribution < -0.4 is 0 Å². The largest absolute Gasteiger partial charge is 0.508 e. The molecule has 40 heteroatoms. The minimum Gasteiger partial charge on any atom is -0.508 e. The number of aliphatic hydroxyl groups excluding tert-OH is 5. The molecule has 2 aromatic rings. The van der Waals surface area contributed by atoms with E-state index >= 15 is 0 Å². The van der Waals surface area contributed by atoms with E-state index in [4.69, 9.17) is 130 Å². The fourth-order valence-corrected chi connectivity index (χ4v) is 17.0. The highest BCUT2D eigenvalue weighted by Crippen LogP contribution is 2.53. The lowest BCUT2D eigenvalue weighted by Crippen LogP contribution is -2.68. The average Bonchev–Trinajstić information content (AvgIpc) is 1.57. The summed E-state index contributed by atoms with van der Waals surface area (Å²) in [5, 5.41) is 115. The van der Waals surface area contributed by atoms with Gasteiger partial charge in [-0.05, 0) is 78.6 Å². The monoisotopic (exact) mass is 1580 g/mol. The number of aryl methyl sites for hydroxylation is 2. The quantitative estimate of drug-likeness (QED) is 0.0489. The number of nitro groups is 1. The summed E-state index contributed by atoms with van der Waals surface area (Å²) >= 11 is 6.13. The van der Waals surface area contributed by atoms with Crippen molar-refractivity contribution in [1.82, 2.24) is 0 Å². The molecule has 612 valence electrons. The van der Waals surface area contributed by atoms with Crippen molar-refractivity contribution in [2.24, 2.45) is 0 Å². The fraction of sp³-hybridized carbons (Fsp3) is 0.797. The summed E-state index contributed by atoms with van der Waals surface area (Å²) in [6, 6.07) is 3.45. The Morgan fingerprint density at radius 1 is 0.596 bits per heavy atom. The van der Waals surface area contributed by atoms with Crippen molar-refractivity contribution < 1.29 is 179 Å². The number of carbonyl (C=O) groups is 2. The molecule has 0 unspecified atom stereocenters. The van der Waals surface area contributed by atoms with Gasteiger partial charge in [-0.1, -0.05) is 11.6 Å². The number of esters is 2. The molecule has 0 bridgehead atoms. The summed E-state index contributed by atoms with van der Waals surface area (Å²) in [5.41, 5.74) is -3.63. The number of rotatable bonds is 20. The first-order valence-corrected chi connectivity index (χ1v) is 36.2. The zero-order valence-corrected chi connectivity index (χ0v) is 62.5. The Labute approximate surface area is 628 Å². The van der Waals surface area contributed by atoms with Gasteiger partial charge in [-0.25, -0.2) is 9.59 Å². The van der Waals surface area contributed by atoms with Crippen molar-refractivity contribution in [3.8, 4) is 23.0 Å². The molecule has 11 aliphatic rings. The molecule has 11 fully saturated rings. The number of nitrogens with zero attached hydrogens (tertiary/aromatic N) is 1. The highest BCUT2D eigenvalue weighted by atomic mass is 35.5. The summed E-state index contributed by atoms with van der Waals surface area (Å²) in [4.78, 5) is 39.4. The molecule has 11 saturated heterocycles. The molecule has 0 amide bonds. The minimum atomic E-state index is -2.06. The molecule has 39 nitrogen and oxygen atoms in total. The first-order chi connectivity index (χ1) is 51.6. The maximum Gasteiger partial charge on any atom is 0.342 e. The molecular weight excluding hydrogens is 1490 g/mol. The van der Waals surface area contributed by atoms with Gasteiger partial charge in [0, 0.05) is 52.8 Å². The van der Waals surface area contributed by atoms with Crippen LogP contribution in [0.5, 0.6) is 23.0 Å². The standard InChI is InChI=1S/C69H96ClNO38/c1-24-14-31(72)16-32(73)41(24)60(81)98-37-22-92-69(59-53(37)90-23-91-59)106-38-21-89-62(46(78)52(38)107-69)104-64-55(87-12)45(77)51(36(99-64)20-85-10)102-63-47(79)54(50(86-11)27(4)95-63)103-65-56(80)67(9)58(30(7)96-65)108-68(109-67)18-34(75)48(28(5)105-68)100-39-17-35(97-40-19-66(8,71(83)84)57(88-13)29(6)94-40)49(26(3)93-39)101-61(82)42-25(2)15-33(74)43(70)44(42)76/h14-16,26-30,34-40,45-59,62-65,72-80H,17-23H2,1-13H3/t26-,27-,28-,29+,30-,34-,35-,36-,37-,38+,39+,40+,45+,46-,47-,48-,49-,50+,51-,52-,53+,54-,55+,56-,57+,58-,59-,62+,63+,64+,65+,66+,67-,68-,69-/m1/s1. The highest BCUT2D eigenvalue weighted by molar-refractivity contribution is 6.34. The predicted molar refractivity (Wildman–Crippen MR) is 353 cm³/mol. The van der Waals surface area contributed by atoms with Crippen LogP contribution in [0.3, 0.4) is 0 Å². The van der Waals surface area contributed by atoms with Gasteiger partial charge in [-0.15, -0.1) is 0 Å². The van der Waals surface area contributed by atoms with Gasteiger partial charge in [-0.3, -0.25) is 10.1 Å². The number of ether oxygens (including phenoxy) is 25. The van der Waals surface area contributed by atoms with E-state index in [0.717, 1.165) is 6.07 Å². The number of halogens is 1. The molecule has 9 N–H and O–H groups in total. The van der Waals surface area contributed by atoms with Crippen LogP contribution in [0.2, 0.25) is 5.02 Å². The van der Waals surface area contributed by atoms with Crippen molar-refractivity contribution in [3.05, 3.63) is 55.6 Å². The Morgan fingerprint density at radius 2 is 1.28 bits per heavy atom. The Hall–Kier alpha value is -4.85. The first-order valence-electron chi connectivity index (χ1n) is 35.8. The SMILES string of the molecule is COC[C@H]1O[C@@H](O[C@@H]2OC[C@@H]3O[C@@]4(OC[C@@H](OC(=O)c5c(C)cc(O)cc5O)[C@@H]5OCO[C@H]54)O[C@H]3[C@H]2O)[C@@H](OC)[C@@H](O)[C@@H]1O[C@@H]1O[C@H](C)[C@H](OC)[C@H](O[C@@H]2O[C@H](C)[C@H]3O[C@]4(C[C@@H](O)[C@H](O[C@H]5C[C@@H](O[C@H]6C[C@](C)([N+](=O)[O-])[C@@H](OC)[C@H](C)O6)[C@H](OC(=O)c6c(C)cc(O)c(Cl)c6O)[C@@H](C)O5)[C@@H](C)O4)O[C@]3(C)[C@@H]2O)[C@H]1O. The van der Waals surface area contributed by atoms with Gasteiger partial charge < -0.3 is 164 Å². The second-order valence-electron chi connectivity index (χ2n) is 29.6. The first kappa shape index (κ1) is 82.1. The summed E-state index contributed by atoms with van der Waals surface area (Å²) in [7, 11) is 5.29. The third-order valence-corrected chi connectivity index (χ3v) is 22.5. The lowest BCUT2D eigenvalue weighted by molar-refractivity contribution is -0.595. The Kier molecular flexibility index (Phi) is 24.2. The number of aliphatic hydroxyl groups is 5. The van der Waals surface area contributed by atoms with Crippen LogP contribution in [0.4, 0.5) is 0 Å². The number of hydrogen-bond donors (Lipinski definition) is 9. The van der Waals surface area contributed by atoms with E-state index in [0.29, 0.717) is 0 Å². The van der Waals surface area contributed by atoms with Gasteiger partial charge in [0.1, 0.15) is 137 Å². The molecule has 2 spiro atoms. The molecule has 2 aromatic carbocycles. The number of carbonyl (C=O) groups excluding carboxylic acids is 2. The van der Waals surface area contributed by atoms with Crippen molar-refractivity contribution in [2.45, 2.75) is 295 Å². The van der Waals surface area contributed by atoms with Gasteiger partial charge in [-0.2, -0.15) is 0 Å². The van der Waals surface area contributed by atoms with Crippen LogP contribution in [-0.2, 0) is 118 Å². The predicted octanol–water partition coefficient (Wildman–Crippen LogP) is 0.306. The normalized spacial score (nSPS) is 46.3. The number of fused-ring (bicyclic) bond motifs is 4. The zero-order chi connectivity index (χ0) is 78.6. The Morgan fingerprint density at radius 3 is 1.97 bits per heavy atom. The molecule has 109 heavy (non-hydrogen) atoms. The van der Waals surface area contributed by atoms with E-state index in [1.165, 1.54) is 68.3 Å². The van der Waals surface area contributed by atoms with Gasteiger partial charge in [0.15, 0.2) is 67.9 Å². The Bertz CT molecular complexity index is 3550. The van der Waals surface area contributed by atoms with Crippen LogP contribution in [-0.4, -0.2) is 331 Å². The lowest BCUT2D eigenvalue weighted by Gasteiger charge is -2.50. The third-order valence-electron chi connectivity index (χ3n) is 22.2. The third kappa shape index (κ3) is 15.2. The minimum absolute atomic E-state index is 0.115. The van der Waals surface area contributed by atoms with Crippen LogP contribution in [0.25, 0.3) is 0 Å². The van der Waals surface area contributed by atoms with Gasteiger partial charge in [0.25, 0.3) is 11.5 Å². The molecular formula is C69H96ClNO38.